The van der Waals surface area contributed by atoms with Crippen molar-refractivity contribution >= 4 is 32.7 Å². The zero-order chi connectivity index (χ0) is 21.3. The van der Waals surface area contributed by atoms with E-state index in [2.05, 4.69) is 25.8 Å². The number of pyridine rings is 1. The quantitative estimate of drug-likeness (QED) is 0.391. The van der Waals surface area contributed by atoms with E-state index in [0.717, 1.165) is 34.3 Å². The molecule has 0 atom stereocenters. The summed E-state index contributed by atoms with van der Waals surface area (Å²) >= 11 is 1.50. The lowest BCUT2D eigenvalue weighted by molar-refractivity contribution is 0.0897. The van der Waals surface area contributed by atoms with Crippen LogP contribution in [0.15, 0.2) is 47.2 Å². The monoisotopic (exact) mass is 448 g/mol. The van der Waals surface area contributed by atoms with Gasteiger partial charge in [-0.1, -0.05) is 17.8 Å². The average Bonchev–Trinajstić information content (AvgIpc) is 3.43. The minimum atomic E-state index is 0.599. The largest absolute Gasteiger partial charge is 0.464 e. The van der Waals surface area contributed by atoms with Crippen molar-refractivity contribution < 1.29 is 9.15 Å². The van der Waals surface area contributed by atoms with E-state index in [1.165, 1.54) is 80.6 Å². The first-order chi connectivity index (χ1) is 15.8. The molecule has 0 amide bonds. The molecule has 0 unspecified atom stereocenters. The molecule has 0 bridgehead atoms. The number of piperidine rings is 2. The number of furan rings is 1. The summed E-state index contributed by atoms with van der Waals surface area (Å²) in [4.78, 5) is 14.0. The molecule has 5 heterocycles. The smallest absolute Gasteiger partial charge is 0.281 e. The second kappa shape index (κ2) is 8.81. The molecule has 0 N–H and O–H groups in total. The van der Waals surface area contributed by atoms with E-state index in [9.17, 15) is 0 Å². The van der Waals surface area contributed by atoms with Crippen LogP contribution in [0.3, 0.4) is 0 Å². The standard InChI is InChI=1S/C25H28N4O2S/c1-2-11-29(12-3-1)19-8-13-28(14-9-19)16-18-17-30-22-15-20(6-7-21(18)22)31-25-27-24-23(32-25)5-4-10-26-24/h4-7,10,15,17,19H,1-3,8-9,11-14,16H2. The molecule has 2 aliphatic heterocycles. The Balaban J connectivity index is 1.11. The van der Waals surface area contributed by atoms with Crippen molar-refractivity contribution in [3.05, 3.63) is 48.4 Å². The first-order valence-electron chi connectivity index (χ1n) is 11.7. The van der Waals surface area contributed by atoms with Gasteiger partial charge in [0.05, 0.1) is 11.0 Å². The molecular formula is C25H28N4O2S. The predicted octanol–water partition coefficient (Wildman–Crippen LogP) is 5.68. The molecule has 2 saturated heterocycles. The van der Waals surface area contributed by atoms with E-state index in [0.29, 0.717) is 5.19 Å². The van der Waals surface area contributed by atoms with Crippen molar-refractivity contribution in [1.82, 2.24) is 19.8 Å². The average molecular weight is 449 g/mol. The lowest BCUT2D eigenvalue weighted by atomic mass is 9.99. The van der Waals surface area contributed by atoms with E-state index in [-0.39, 0.29) is 0 Å². The van der Waals surface area contributed by atoms with Gasteiger partial charge in [-0.05, 0) is 76.1 Å². The van der Waals surface area contributed by atoms with Gasteiger partial charge in [0, 0.05) is 35.8 Å². The van der Waals surface area contributed by atoms with Gasteiger partial charge in [-0.25, -0.2) is 4.98 Å². The van der Waals surface area contributed by atoms with Gasteiger partial charge in [0.15, 0.2) is 5.65 Å². The number of thiazole rings is 1. The lowest BCUT2D eigenvalue weighted by Gasteiger charge is -2.40. The first-order valence-corrected chi connectivity index (χ1v) is 12.5. The van der Waals surface area contributed by atoms with Crippen LogP contribution < -0.4 is 4.74 Å². The summed E-state index contributed by atoms with van der Waals surface area (Å²) in [5.41, 5.74) is 2.84. The maximum atomic E-state index is 5.99. The van der Waals surface area contributed by atoms with Gasteiger partial charge in [0.1, 0.15) is 11.3 Å². The Morgan fingerprint density at radius 3 is 2.78 bits per heavy atom. The minimum Gasteiger partial charge on any atom is -0.464 e. The van der Waals surface area contributed by atoms with Gasteiger partial charge in [0.2, 0.25) is 0 Å². The normalized spacial score (nSPS) is 19.1. The summed E-state index contributed by atoms with van der Waals surface area (Å²) in [6, 6.07) is 10.8. The second-order valence-electron chi connectivity index (χ2n) is 8.93. The highest BCUT2D eigenvalue weighted by Crippen LogP contribution is 2.33. The molecule has 0 spiro atoms. The summed E-state index contributed by atoms with van der Waals surface area (Å²) in [5.74, 6) is 0.736. The van der Waals surface area contributed by atoms with Crippen LogP contribution in [0.4, 0.5) is 0 Å². The molecule has 0 radical (unpaired) electrons. The summed E-state index contributed by atoms with van der Waals surface area (Å²) < 4.78 is 12.9. The number of rotatable bonds is 5. The zero-order valence-electron chi connectivity index (χ0n) is 18.2. The van der Waals surface area contributed by atoms with Crippen LogP contribution in [0.25, 0.3) is 21.3 Å². The second-order valence-corrected chi connectivity index (χ2v) is 9.92. The third-order valence-corrected chi connectivity index (χ3v) is 7.72. The Morgan fingerprint density at radius 2 is 1.94 bits per heavy atom. The number of hydrogen-bond acceptors (Lipinski definition) is 7. The van der Waals surface area contributed by atoms with Gasteiger partial charge in [-0.2, -0.15) is 4.98 Å². The van der Waals surface area contributed by atoms with Crippen LogP contribution in [-0.2, 0) is 6.54 Å². The van der Waals surface area contributed by atoms with E-state index in [1.54, 1.807) is 6.20 Å². The summed E-state index contributed by atoms with van der Waals surface area (Å²) in [5, 5.41) is 1.77. The molecule has 6 nitrogen and oxygen atoms in total. The molecule has 3 aromatic heterocycles. The van der Waals surface area contributed by atoms with Gasteiger partial charge in [-0.15, -0.1) is 0 Å². The number of aromatic nitrogens is 2. The van der Waals surface area contributed by atoms with Crippen LogP contribution in [0, 0.1) is 0 Å². The SMILES string of the molecule is c1cnc2nc(Oc3ccc4c(CN5CCC(N6CCCCC6)CC5)coc4c3)sc2c1. The topological polar surface area (TPSA) is 54.6 Å². The minimum absolute atomic E-state index is 0.599. The van der Waals surface area contributed by atoms with E-state index < -0.39 is 0 Å². The fourth-order valence-corrected chi connectivity index (χ4v) is 5.90. The molecule has 4 aromatic rings. The highest BCUT2D eigenvalue weighted by molar-refractivity contribution is 7.20. The fraction of sp³-hybridized carbons (Fsp3) is 0.440. The number of ether oxygens (including phenoxy) is 1. The Hall–Kier alpha value is -2.48. The number of likely N-dealkylation sites (tertiary alicyclic amines) is 2. The maximum Gasteiger partial charge on any atom is 0.281 e. The maximum absolute atomic E-state index is 5.99. The zero-order valence-corrected chi connectivity index (χ0v) is 19.0. The highest BCUT2D eigenvalue weighted by atomic mass is 32.1. The predicted molar refractivity (Wildman–Crippen MR) is 127 cm³/mol. The van der Waals surface area contributed by atoms with Crippen LogP contribution in [0.1, 0.15) is 37.7 Å². The van der Waals surface area contributed by atoms with Gasteiger partial charge < -0.3 is 14.1 Å². The van der Waals surface area contributed by atoms with Gasteiger partial charge in [0.25, 0.3) is 5.19 Å². The number of nitrogens with zero attached hydrogens (tertiary/aromatic N) is 4. The molecule has 7 heteroatoms. The van der Waals surface area contributed by atoms with Gasteiger partial charge in [-0.3, -0.25) is 4.90 Å². The lowest BCUT2D eigenvalue weighted by Crippen LogP contribution is -2.46. The molecule has 6 rings (SSSR count). The fourth-order valence-electron chi connectivity index (χ4n) is 5.11. The highest BCUT2D eigenvalue weighted by Gasteiger charge is 2.26. The van der Waals surface area contributed by atoms with E-state index in [1.807, 2.05) is 30.5 Å². The van der Waals surface area contributed by atoms with Crippen molar-refractivity contribution in [2.75, 3.05) is 26.2 Å². The van der Waals surface area contributed by atoms with Gasteiger partial charge >= 0.3 is 0 Å². The molecule has 1 aromatic carbocycles. The third-order valence-electron chi connectivity index (χ3n) is 6.84. The van der Waals surface area contributed by atoms with Crippen LogP contribution in [0.5, 0.6) is 10.9 Å². The van der Waals surface area contributed by atoms with Crippen molar-refractivity contribution in [3.8, 4) is 10.9 Å². The number of hydrogen-bond donors (Lipinski definition) is 0. The first kappa shape index (κ1) is 20.1. The van der Waals surface area contributed by atoms with Crippen LogP contribution >= 0.6 is 11.3 Å². The molecule has 166 valence electrons. The van der Waals surface area contributed by atoms with Crippen molar-refractivity contribution in [3.63, 3.8) is 0 Å². The third kappa shape index (κ3) is 4.12. The Labute approximate surface area is 191 Å². The van der Waals surface area contributed by atoms with E-state index in [4.69, 9.17) is 9.15 Å². The molecule has 2 fully saturated rings. The molecule has 0 saturated carbocycles. The Bertz CT molecular complexity index is 1170. The summed E-state index contributed by atoms with van der Waals surface area (Å²) in [6.45, 7) is 5.88. The molecule has 2 aliphatic rings. The van der Waals surface area contributed by atoms with Crippen molar-refractivity contribution in [2.45, 2.75) is 44.7 Å². The van der Waals surface area contributed by atoms with Crippen LogP contribution in [-0.4, -0.2) is 52.0 Å². The molecular weight excluding hydrogens is 420 g/mol. The summed E-state index contributed by atoms with van der Waals surface area (Å²) in [6.07, 6.45) is 10.4. The number of benzene rings is 1. The van der Waals surface area contributed by atoms with Crippen LogP contribution in [0.2, 0.25) is 0 Å². The Morgan fingerprint density at radius 1 is 1.06 bits per heavy atom. The Kier molecular flexibility index (Phi) is 5.55. The summed E-state index contributed by atoms with van der Waals surface area (Å²) in [7, 11) is 0. The number of fused-ring (bicyclic) bond motifs is 2. The van der Waals surface area contributed by atoms with E-state index >= 15 is 0 Å². The molecule has 0 aliphatic carbocycles. The molecule has 32 heavy (non-hydrogen) atoms. The van der Waals surface area contributed by atoms with Crippen molar-refractivity contribution in [1.29, 1.82) is 0 Å². The van der Waals surface area contributed by atoms with Crippen molar-refractivity contribution in [2.24, 2.45) is 0 Å².